The number of rotatable bonds is 4. The summed E-state index contributed by atoms with van der Waals surface area (Å²) in [4.78, 5) is 20.8. The number of fused-ring (bicyclic) bond motifs is 4. The number of nitrogens with one attached hydrogen (secondary N) is 2. The molecule has 32 heavy (non-hydrogen) atoms. The van der Waals surface area contributed by atoms with Gasteiger partial charge in [0.05, 0.1) is 11.8 Å². The van der Waals surface area contributed by atoms with Gasteiger partial charge in [-0.05, 0) is 43.4 Å². The Kier molecular flexibility index (Phi) is 4.80. The van der Waals surface area contributed by atoms with Gasteiger partial charge in [0.15, 0.2) is 28.1 Å². The van der Waals surface area contributed by atoms with Gasteiger partial charge in [-0.25, -0.2) is 24.3 Å². The van der Waals surface area contributed by atoms with E-state index in [2.05, 4.69) is 47.4 Å². The highest BCUT2D eigenvalue weighted by Crippen LogP contribution is 2.46. The number of nitrogens with zero attached hydrogens (tertiary/aromatic N) is 6. The molecule has 11 heteroatoms. The number of halogens is 2. The van der Waals surface area contributed by atoms with E-state index >= 15 is 4.39 Å². The zero-order valence-corrected chi connectivity index (χ0v) is 18.8. The number of H-pyrrole nitrogens is 1. The fraction of sp³-hybridized carbons (Fsp3) is 0.429. The van der Waals surface area contributed by atoms with Crippen LogP contribution >= 0.6 is 22.9 Å². The normalized spacial score (nSPS) is 24.8. The predicted molar refractivity (Wildman–Crippen MR) is 121 cm³/mol. The van der Waals surface area contributed by atoms with Gasteiger partial charge in [-0.2, -0.15) is 0 Å². The highest BCUT2D eigenvalue weighted by molar-refractivity contribution is 7.12. The van der Waals surface area contributed by atoms with Gasteiger partial charge in [-0.3, -0.25) is 0 Å². The van der Waals surface area contributed by atoms with Crippen molar-refractivity contribution in [3.05, 3.63) is 28.9 Å². The Hall–Kier alpha value is -2.72. The van der Waals surface area contributed by atoms with Crippen LogP contribution in [-0.4, -0.2) is 41.2 Å². The third-order valence-electron chi connectivity index (χ3n) is 6.94. The van der Waals surface area contributed by atoms with Crippen LogP contribution in [0.5, 0.6) is 0 Å². The largest absolute Gasteiger partial charge is 0.364 e. The molecule has 3 aliphatic carbocycles. The second-order valence-electron chi connectivity index (χ2n) is 8.60. The van der Waals surface area contributed by atoms with Crippen molar-refractivity contribution < 1.29 is 4.39 Å². The van der Waals surface area contributed by atoms with E-state index < -0.39 is 5.82 Å². The van der Waals surface area contributed by atoms with Crippen LogP contribution in [0.4, 0.5) is 10.2 Å². The van der Waals surface area contributed by atoms with Gasteiger partial charge in [0, 0.05) is 12.2 Å². The first-order chi connectivity index (χ1) is 15.6. The third kappa shape index (κ3) is 3.24. The molecule has 0 amide bonds. The second kappa shape index (κ2) is 7.70. The van der Waals surface area contributed by atoms with E-state index in [1.165, 1.54) is 43.2 Å². The molecule has 3 fully saturated rings. The molecule has 8 nitrogen and oxygen atoms in total. The topological polar surface area (TPSA) is 105 Å². The molecule has 0 spiro atoms. The zero-order chi connectivity index (χ0) is 21.8. The van der Waals surface area contributed by atoms with Gasteiger partial charge in [-0.1, -0.05) is 29.9 Å². The van der Waals surface area contributed by atoms with E-state index in [0.717, 1.165) is 0 Å². The van der Waals surface area contributed by atoms with Gasteiger partial charge >= 0.3 is 0 Å². The Morgan fingerprint density at radius 1 is 1.16 bits per heavy atom. The summed E-state index contributed by atoms with van der Waals surface area (Å²) in [5, 5.41) is 12.0. The first-order valence-electron chi connectivity index (χ1n) is 10.7. The second-order valence-corrected chi connectivity index (χ2v) is 9.82. The molecular weight excluding hydrogens is 451 g/mol. The number of aromatic nitrogens is 7. The maximum Gasteiger partial charge on any atom is 0.194 e. The quantitative estimate of drug-likeness (QED) is 0.434. The van der Waals surface area contributed by atoms with Crippen LogP contribution < -0.4 is 5.32 Å². The van der Waals surface area contributed by atoms with E-state index in [4.69, 9.17) is 11.6 Å². The highest BCUT2D eigenvalue weighted by atomic mass is 35.5. The van der Waals surface area contributed by atoms with Gasteiger partial charge in [0.1, 0.15) is 21.9 Å². The van der Waals surface area contributed by atoms with Crippen LogP contribution in [-0.2, 0) is 0 Å². The molecule has 4 heterocycles. The zero-order valence-electron chi connectivity index (χ0n) is 17.2. The maximum absolute atomic E-state index is 15.7. The fourth-order valence-electron chi connectivity index (χ4n) is 5.28. The first-order valence-corrected chi connectivity index (χ1v) is 11.9. The molecule has 2 atom stereocenters. The fourth-order valence-corrected chi connectivity index (χ4v) is 5.95. The Balaban J connectivity index is 1.48. The molecule has 164 valence electrons. The van der Waals surface area contributed by atoms with E-state index in [9.17, 15) is 0 Å². The van der Waals surface area contributed by atoms with Crippen molar-refractivity contribution in [2.24, 2.45) is 17.8 Å². The van der Waals surface area contributed by atoms with E-state index in [0.29, 0.717) is 45.3 Å². The van der Waals surface area contributed by atoms with Crippen molar-refractivity contribution in [2.45, 2.75) is 38.6 Å². The summed E-state index contributed by atoms with van der Waals surface area (Å²) in [6, 6.07) is 0.180. The Labute approximate surface area is 192 Å². The average Bonchev–Trinajstić information content (AvgIpc) is 3.48. The lowest BCUT2D eigenvalue weighted by Crippen LogP contribution is -2.47. The molecule has 2 N–H and O–H groups in total. The minimum Gasteiger partial charge on any atom is -0.364 e. The molecule has 0 unspecified atom stereocenters. The lowest BCUT2D eigenvalue weighted by molar-refractivity contribution is 0.0926. The molecular formula is C21H20ClFN8S. The number of aromatic amines is 1. The molecule has 4 aromatic rings. The molecule has 4 aromatic heterocycles. The van der Waals surface area contributed by atoms with Gasteiger partial charge in [0.2, 0.25) is 0 Å². The van der Waals surface area contributed by atoms with Crippen LogP contribution in [0.3, 0.4) is 0 Å². The van der Waals surface area contributed by atoms with Crippen molar-refractivity contribution in [3.63, 3.8) is 0 Å². The summed E-state index contributed by atoms with van der Waals surface area (Å²) in [7, 11) is 0. The Morgan fingerprint density at radius 3 is 2.72 bits per heavy atom. The minimum atomic E-state index is -0.511. The molecule has 0 aromatic carbocycles. The lowest BCUT2D eigenvalue weighted by atomic mass is 9.62. The van der Waals surface area contributed by atoms with Crippen LogP contribution in [0.15, 0.2) is 17.9 Å². The molecule has 3 saturated carbocycles. The summed E-state index contributed by atoms with van der Waals surface area (Å²) in [6.45, 7) is 2.26. The van der Waals surface area contributed by atoms with Crippen LogP contribution in [0.2, 0.25) is 5.15 Å². The van der Waals surface area contributed by atoms with Gasteiger partial charge in [0.25, 0.3) is 0 Å². The maximum atomic E-state index is 15.7. The van der Waals surface area contributed by atoms with Gasteiger partial charge in [-0.15, -0.1) is 10.2 Å². The van der Waals surface area contributed by atoms with Crippen molar-refractivity contribution >= 4 is 39.9 Å². The van der Waals surface area contributed by atoms with E-state index in [-0.39, 0.29) is 22.7 Å². The van der Waals surface area contributed by atoms with Crippen LogP contribution in [0.1, 0.15) is 32.6 Å². The Morgan fingerprint density at radius 2 is 1.97 bits per heavy atom. The summed E-state index contributed by atoms with van der Waals surface area (Å²) < 4.78 is 15.7. The number of anilines is 1. The lowest BCUT2D eigenvalue weighted by Gasteiger charge is -2.47. The molecule has 3 aliphatic rings. The summed E-state index contributed by atoms with van der Waals surface area (Å²) in [5.74, 6) is 1.67. The monoisotopic (exact) mass is 470 g/mol. The molecule has 0 radical (unpaired) electrons. The minimum absolute atomic E-state index is 0.123. The standard InChI is InChI=1S/C21H20ClFN8S/c1-9-10-2-4-11(5-3-10)15(9)28-19-14(23)17(21-31-26-8-32-21)29-18(30-19)12-6-24-20-16(12)27-13(22)7-25-20/h6-11,15H,2-5H2,1H3,(H,24,25)(H,28,29,30)/t9-,10?,11?,15+/m0/s1. The highest BCUT2D eigenvalue weighted by Gasteiger charge is 2.41. The molecule has 2 bridgehead atoms. The smallest absolute Gasteiger partial charge is 0.194 e. The Bertz CT molecular complexity index is 1280. The van der Waals surface area contributed by atoms with Gasteiger partial charge < -0.3 is 10.3 Å². The summed E-state index contributed by atoms with van der Waals surface area (Å²) in [5.41, 5.74) is 3.37. The first kappa shape index (κ1) is 19.9. The molecule has 0 saturated heterocycles. The molecule has 0 aliphatic heterocycles. The molecule has 7 rings (SSSR count). The van der Waals surface area contributed by atoms with E-state index in [1.807, 2.05) is 0 Å². The van der Waals surface area contributed by atoms with Crippen molar-refractivity contribution in [1.82, 2.24) is 35.1 Å². The SMILES string of the molecule is C[C@H]1C2CCC(CC2)[C@@H]1Nc1nc(-c2c[nH]c3ncc(Cl)nc23)nc(-c2nncs2)c1F. The van der Waals surface area contributed by atoms with Crippen molar-refractivity contribution in [1.29, 1.82) is 0 Å². The summed E-state index contributed by atoms with van der Waals surface area (Å²) in [6.07, 6.45) is 8.04. The van der Waals surface area contributed by atoms with Crippen molar-refractivity contribution in [3.8, 4) is 22.1 Å². The summed E-state index contributed by atoms with van der Waals surface area (Å²) >= 11 is 7.30. The van der Waals surface area contributed by atoms with Crippen LogP contribution in [0, 0.1) is 23.6 Å². The third-order valence-corrected chi connectivity index (χ3v) is 7.82. The predicted octanol–water partition coefficient (Wildman–Crippen LogP) is 4.96. The van der Waals surface area contributed by atoms with E-state index in [1.54, 1.807) is 11.7 Å². The number of hydrogen-bond donors (Lipinski definition) is 2. The van der Waals surface area contributed by atoms with Crippen LogP contribution in [0.25, 0.3) is 33.3 Å². The van der Waals surface area contributed by atoms with Crippen molar-refractivity contribution in [2.75, 3.05) is 5.32 Å². The number of hydrogen-bond acceptors (Lipinski definition) is 8. The average molecular weight is 471 g/mol.